The molecule has 0 rings (SSSR count). The molecule has 4 nitrogen and oxygen atoms in total. The van der Waals surface area contributed by atoms with Crippen LogP contribution in [0.1, 0.15) is 12.8 Å². The summed E-state index contributed by atoms with van der Waals surface area (Å²) < 4.78 is 22.5. The molecule has 0 unspecified atom stereocenters. The fourth-order valence-electron chi connectivity index (χ4n) is 0.361. The molecule has 0 aromatic rings. The van der Waals surface area contributed by atoms with Gasteiger partial charge < -0.3 is 0 Å². The van der Waals surface area contributed by atoms with Crippen LogP contribution in [0.2, 0.25) is 0 Å². The summed E-state index contributed by atoms with van der Waals surface area (Å²) in [5, 5.41) is -0.321. The third kappa shape index (κ3) is 51.2. The molecule has 0 aliphatic carbocycles. The third-order valence-corrected chi connectivity index (χ3v) is 1.12. The van der Waals surface area contributed by atoms with Gasteiger partial charge in [-0.25, -0.2) is 0 Å². The topological polar surface area (TPSA) is 76.8 Å². The molecule has 0 saturated heterocycles. The van der Waals surface area contributed by atoms with Gasteiger partial charge in [-0.3, -0.25) is 4.79 Å². The van der Waals surface area contributed by atoms with Crippen molar-refractivity contribution in [2.24, 2.45) is 0 Å². The zero-order valence-corrected chi connectivity index (χ0v) is 10.1. The summed E-state index contributed by atoms with van der Waals surface area (Å²) in [5.74, 6) is 0. The Morgan fingerprint density at radius 2 is 1.44 bits per heavy atom. The third-order valence-electron chi connectivity index (χ3n) is 0.931. The first-order chi connectivity index (χ1) is 7.16. The molecule has 0 spiro atoms. The van der Waals surface area contributed by atoms with Gasteiger partial charge in [0.1, 0.15) is 0 Å². The Kier molecular flexibility index (Phi) is 67.8. The van der Waals surface area contributed by atoms with Gasteiger partial charge >= 0.3 is 33.9 Å². The van der Waals surface area contributed by atoms with Gasteiger partial charge in [0.25, 0.3) is 0 Å². The largest absolute Gasteiger partial charge is 0 e. The molecule has 0 N–H and O–H groups in total. The first-order valence-electron chi connectivity index (χ1n) is 3.26. The van der Waals surface area contributed by atoms with Crippen LogP contribution in [-0.2, 0) is 35.8 Å². The molecular weight excluding hydrogens is 275 g/mol. The standard InChI is InChI=1S/C7H9ClO.3CO.Fe/c1-3-6(2)4-5-7(8)9;3*1-2;/h3H,1-2,4-5H2;;;;. The van der Waals surface area contributed by atoms with E-state index in [4.69, 9.17) is 25.6 Å². The summed E-state index contributed by atoms with van der Waals surface area (Å²) in [5.41, 5.74) is 0.851. The second kappa shape index (κ2) is 36.8. The van der Waals surface area contributed by atoms with Crippen LogP contribution in [0.4, 0.5) is 0 Å². The van der Waals surface area contributed by atoms with Gasteiger partial charge in [0.2, 0.25) is 5.24 Å². The smallest absolute Gasteiger partial charge is 0 e. The van der Waals surface area contributed by atoms with Gasteiger partial charge in [-0.2, -0.15) is 0 Å². The van der Waals surface area contributed by atoms with Gasteiger partial charge in [-0.15, -0.1) is 0 Å². The van der Waals surface area contributed by atoms with E-state index in [9.17, 15) is 4.79 Å². The minimum absolute atomic E-state index is 0. The van der Waals surface area contributed by atoms with E-state index in [-0.39, 0.29) is 22.3 Å². The fraction of sp³-hybridized carbons (Fsp3) is 0.200. The zero-order chi connectivity index (χ0) is 13.3. The molecule has 0 fully saturated rings. The van der Waals surface area contributed by atoms with E-state index >= 15 is 0 Å². The molecule has 0 saturated carbocycles. The van der Waals surface area contributed by atoms with E-state index < -0.39 is 0 Å². The second-order valence-corrected chi connectivity index (χ2v) is 2.14. The molecule has 16 heavy (non-hydrogen) atoms. The number of hydrogen-bond donors (Lipinski definition) is 0. The average molecular weight is 284 g/mol. The van der Waals surface area contributed by atoms with Gasteiger partial charge in [0, 0.05) is 23.5 Å². The second-order valence-electron chi connectivity index (χ2n) is 1.72. The van der Waals surface area contributed by atoms with Crippen LogP contribution in [0.25, 0.3) is 0 Å². The summed E-state index contributed by atoms with van der Waals surface area (Å²) in [7, 11) is 0. The van der Waals surface area contributed by atoms with Crippen molar-refractivity contribution in [3.05, 3.63) is 44.8 Å². The van der Waals surface area contributed by atoms with E-state index in [0.717, 1.165) is 5.57 Å². The summed E-state index contributed by atoms with van der Waals surface area (Å²) >= 11 is 5.06. The Morgan fingerprint density at radius 1 is 1.12 bits per heavy atom. The monoisotopic (exact) mass is 284 g/mol. The summed E-state index contributed by atoms with van der Waals surface area (Å²) in [4.78, 5) is 10.2. The molecule has 6 heteroatoms. The minimum Gasteiger partial charge on any atom is 0 e. The zero-order valence-electron chi connectivity index (χ0n) is 8.27. The van der Waals surface area contributed by atoms with Crippen molar-refractivity contribution < 1.29 is 35.8 Å². The fourth-order valence-corrected chi connectivity index (χ4v) is 0.455. The number of halogens is 1. The van der Waals surface area contributed by atoms with Gasteiger partial charge in [-0.1, -0.05) is 24.8 Å². The SMILES string of the molecule is C=CC(=C)CCC(=O)Cl.[C-]#[O+].[C-]#[O+].[C-]#[O+].[Fe]. The number of hydrogen-bond acceptors (Lipinski definition) is 1. The van der Waals surface area contributed by atoms with Crippen molar-refractivity contribution in [2.75, 3.05) is 0 Å². The molecule has 88 valence electrons. The Balaban J connectivity index is -0.0000000498. The molecule has 0 atom stereocenters. The number of rotatable bonds is 4. The predicted molar refractivity (Wildman–Crippen MR) is 51.2 cm³/mol. The maximum absolute atomic E-state index is 10.2. The number of allylic oxidation sites excluding steroid dienone is 2. The Morgan fingerprint density at radius 3 is 1.62 bits per heavy atom. The van der Waals surface area contributed by atoms with Gasteiger partial charge in [0.05, 0.1) is 0 Å². The summed E-state index contributed by atoms with van der Waals surface area (Å²) in [6.07, 6.45) is 2.60. The van der Waals surface area contributed by atoms with Crippen LogP contribution in [0.5, 0.6) is 0 Å². The van der Waals surface area contributed by atoms with Crippen LogP contribution in [0.15, 0.2) is 24.8 Å². The Hall–Kier alpha value is -0.821. The van der Waals surface area contributed by atoms with Crippen LogP contribution >= 0.6 is 11.6 Å². The number of carbonyl (C=O) groups excluding carboxylic acids is 1. The summed E-state index contributed by atoms with van der Waals surface area (Å²) in [6, 6.07) is 0. The number of carbonyl (C=O) groups is 1. The van der Waals surface area contributed by atoms with Crippen LogP contribution < -0.4 is 0 Å². The van der Waals surface area contributed by atoms with Crippen LogP contribution in [0.3, 0.4) is 0 Å². The molecule has 0 bridgehead atoms. The molecular formula is C10H9ClFeO4. The van der Waals surface area contributed by atoms with E-state index in [1.165, 1.54) is 0 Å². The Bertz CT molecular complexity index is 229. The Labute approximate surface area is 110 Å². The quantitative estimate of drug-likeness (QED) is 0.256. The summed E-state index contributed by atoms with van der Waals surface area (Å²) in [6.45, 7) is 20.6. The van der Waals surface area contributed by atoms with Crippen LogP contribution in [-0.4, -0.2) is 5.24 Å². The van der Waals surface area contributed by atoms with E-state index in [2.05, 4.69) is 33.1 Å². The maximum atomic E-state index is 10.2. The minimum atomic E-state index is -0.321. The predicted octanol–water partition coefficient (Wildman–Crippen LogP) is 2.16. The first kappa shape index (κ1) is 29.5. The average Bonchev–Trinajstić information content (AvgIpc) is 2.33. The van der Waals surface area contributed by atoms with Gasteiger partial charge in [-0.05, 0) is 18.0 Å². The van der Waals surface area contributed by atoms with Crippen molar-refractivity contribution in [2.45, 2.75) is 12.8 Å². The maximum Gasteiger partial charge on any atom is 0 e. The molecule has 0 aromatic carbocycles. The molecule has 0 aromatic heterocycles. The van der Waals surface area contributed by atoms with Crippen molar-refractivity contribution in [1.82, 2.24) is 0 Å². The van der Waals surface area contributed by atoms with E-state index in [1.54, 1.807) is 6.08 Å². The van der Waals surface area contributed by atoms with Gasteiger partial charge in [0.15, 0.2) is 0 Å². The van der Waals surface area contributed by atoms with E-state index in [0.29, 0.717) is 12.8 Å². The van der Waals surface area contributed by atoms with Crippen molar-refractivity contribution >= 4 is 16.8 Å². The van der Waals surface area contributed by atoms with Crippen molar-refractivity contribution in [3.8, 4) is 0 Å². The molecule has 0 heterocycles. The van der Waals surface area contributed by atoms with Crippen LogP contribution in [0, 0.1) is 20.0 Å². The normalized spacial score (nSPS) is 5.19. The van der Waals surface area contributed by atoms with Crippen molar-refractivity contribution in [1.29, 1.82) is 0 Å². The molecule has 0 aliphatic rings. The van der Waals surface area contributed by atoms with Crippen molar-refractivity contribution in [3.63, 3.8) is 0 Å². The first-order valence-corrected chi connectivity index (χ1v) is 3.64. The molecule has 0 radical (unpaired) electrons. The molecule has 0 aliphatic heterocycles. The molecule has 0 amide bonds. The van der Waals surface area contributed by atoms with E-state index in [1.807, 2.05) is 0 Å².